The van der Waals surface area contributed by atoms with Crippen molar-refractivity contribution in [2.75, 3.05) is 38.2 Å². The number of carbonyl (C=O) groups excluding carboxylic acids is 1. The quantitative estimate of drug-likeness (QED) is 0.606. The fraction of sp³-hybridized carbons (Fsp3) is 0.318. The largest absolute Gasteiger partial charge is 0.494 e. The third kappa shape index (κ3) is 4.76. The molecule has 10 heteroatoms. The summed E-state index contributed by atoms with van der Waals surface area (Å²) in [5.41, 5.74) is 2.58. The first-order chi connectivity index (χ1) is 15.5. The molecule has 0 spiro atoms. The minimum absolute atomic E-state index is 0.130. The summed E-state index contributed by atoms with van der Waals surface area (Å²) >= 11 is 12.4. The molecule has 0 radical (unpaired) electrons. The number of rotatable bonds is 5. The maximum atomic E-state index is 12.6. The van der Waals surface area contributed by atoms with Crippen LogP contribution in [-0.4, -0.2) is 59.0 Å². The van der Waals surface area contributed by atoms with Crippen molar-refractivity contribution in [1.82, 2.24) is 25.0 Å². The minimum atomic E-state index is -0.130. The van der Waals surface area contributed by atoms with E-state index in [2.05, 4.69) is 20.3 Å². The van der Waals surface area contributed by atoms with Crippen molar-refractivity contribution in [2.45, 2.75) is 13.5 Å². The van der Waals surface area contributed by atoms with Gasteiger partial charge in [-0.3, -0.25) is 0 Å². The lowest BCUT2D eigenvalue weighted by Gasteiger charge is -2.36. The van der Waals surface area contributed by atoms with Gasteiger partial charge in [-0.05, 0) is 31.2 Å². The Morgan fingerprint density at radius 1 is 1.12 bits per heavy atom. The number of halogens is 2. The second-order valence-corrected chi connectivity index (χ2v) is 8.24. The highest BCUT2D eigenvalue weighted by Crippen LogP contribution is 2.29. The molecule has 1 saturated heterocycles. The van der Waals surface area contributed by atoms with Crippen LogP contribution in [0.25, 0.3) is 5.69 Å². The average Bonchev–Trinajstić information content (AvgIpc) is 3.24. The molecule has 1 aliphatic heterocycles. The summed E-state index contributed by atoms with van der Waals surface area (Å²) in [4.78, 5) is 20.8. The van der Waals surface area contributed by atoms with Crippen molar-refractivity contribution in [2.24, 2.45) is 0 Å². The van der Waals surface area contributed by atoms with Crippen LogP contribution in [0.2, 0.25) is 10.0 Å². The number of urea groups is 1. The lowest BCUT2D eigenvalue weighted by atomic mass is 10.2. The molecule has 0 aliphatic carbocycles. The second kappa shape index (κ2) is 9.67. The molecular weight excluding hydrogens is 451 g/mol. The van der Waals surface area contributed by atoms with Crippen LogP contribution in [0.4, 0.5) is 10.5 Å². The van der Waals surface area contributed by atoms with Crippen molar-refractivity contribution >= 4 is 34.9 Å². The topological polar surface area (TPSA) is 75.5 Å². The number of carbonyl (C=O) groups is 1. The van der Waals surface area contributed by atoms with Crippen LogP contribution in [0.1, 0.15) is 11.4 Å². The number of ether oxygens (including phenoxy) is 1. The van der Waals surface area contributed by atoms with Crippen molar-refractivity contribution in [3.05, 3.63) is 64.2 Å². The Labute approximate surface area is 196 Å². The fourth-order valence-electron chi connectivity index (χ4n) is 3.66. The molecule has 3 aromatic rings. The van der Waals surface area contributed by atoms with Gasteiger partial charge in [0.15, 0.2) is 0 Å². The van der Waals surface area contributed by atoms with E-state index in [4.69, 9.17) is 27.9 Å². The molecule has 4 rings (SSSR count). The highest BCUT2D eigenvalue weighted by molar-refractivity contribution is 6.36. The first-order valence-corrected chi connectivity index (χ1v) is 11.0. The highest BCUT2D eigenvalue weighted by atomic mass is 35.5. The Morgan fingerprint density at radius 3 is 2.47 bits per heavy atom. The first kappa shape index (κ1) is 22.2. The lowest BCUT2D eigenvalue weighted by Crippen LogP contribution is -2.51. The van der Waals surface area contributed by atoms with E-state index in [9.17, 15) is 4.79 Å². The summed E-state index contributed by atoms with van der Waals surface area (Å²) in [7, 11) is 1.64. The summed E-state index contributed by atoms with van der Waals surface area (Å²) in [5.74, 6) is 1.41. The molecule has 0 unspecified atom stereocenters. The van der Waals surface area contributed by atoms with E-state index in [-0.39, 0.29) is 12.6 Å². The summed E-state index contributed by atoms with van der Waals surface area (Å²) in [5, 5.41) is 8.36. The van der Waals surface area contributed by atoms with E-state index in [0.717, 1.165) is 16.9 Å². The summed E-state index contributed by atoms with van der Waals surface area (Å²) < 4.78 is 7.28. The van der Waals surface area contributed by atoms with Gasteiger partial charge in [0.2, 0.25) is 0 Å². The number of nitrogens with zero attached hydrogens (tertiary/aromatic N) is 5. The van der Waals surface area contributed by atoms with Crippen LogP contribution < -0.4 is 15.0 Å². The number of amides is 2. The molecule has 8 nitrogen and oxygen atoms in total. The Hall–Kier alpha value is -2.97. The van der Waals surface area contributed by atoms with Crippen LogP contribution in [-0.2, 0) is 6.54 Å². The van der Waals surface area contributed by atoms with E-state index < -0.39 is 0 Å². The molecule has 2 amide bonds. The van der Waals surface area contributed by atoms with Crippen molar-refractivity contribution in [1.29, 1.82) is 0 Å². The van der Waals surface area contributed by atoms with Crippen molar-refractivity contribution in [3.63, 3.8) is 0 Å². The normalized spacial score (nSPS) is 13.9. The van der Waals surface area contributed by atoms with Gasteiger partial charge < -0.3 is 19.9 Å². The zero-order valence-electron chi connectivity index (χ0n) is 17.9. The lowest BCUT2D eigenvalue weighted by molar-refractivity contribution is 0.194. The molecule has 1 fully saturated rings. The fourth-order valence-corrected chi connectivity index (χ4v) is 4.19. The second-order valence-electron chi connectivity index (χ2n) is 7.43. The Balaban J connectivity index is 1.36. The number of nitrogens with one attached hydrogen (secondary N) is 1. The van der Waals surface area contributed by atoms with Gasteiger partial charge in [-0.2, -0.15) is 5.10 Å². The van der Waals surface area contributed by atoms with Crippen LogP contribution in [0, 0.1) is 6.92 Å². The van der Waals surface area contributed by atoms with Crippen molar-refractivity contribution < 1.29 is 9.53 Å². The number of aryl methyl sites for hydroxylation is 1. The molecule has 168 valence electrons. The Kier molecular flexibility index (Phi) is 6.72. The van der Waals surface area contributed by atoms with E-state index >= 15 is 0 Å². The molecule has 2 heterocycles. The standard InChI is InChI=1S/C22H24Cl2N6O2/c1-15-26-14-30(27-15)20-7-6-16(12-21(20)32-2)28-8-10-29(11-9-28)22(31)25-13-17-18(23)4-3-5-19(17)24/h3-7,12,14H,8-11,13H2,1-2H3,(H,25,31). The molecule has 2 aromatic carbocycles. The number of benzene rings is 2. The Morgan fingerprint density at radius 2 is 1.84 bits per heavy atom. The molecule has 1 aromatic heterocycles. The molecule has 0 atom stereocenters. The van der Waals surface area contributed by atoms with E-state index in [1.54, 1.807) is 41.2 Å². The van der Waals surface area contributed by atoms with Crippen LogP contribution in [0.3, 0.4) is 0 Å². The molecule has 1 aliphatic rings. The molecule has 1 N–H and O–H groups in total. The van der Waals surface area contributed by atoms with Crippen molar-refractivity contribution in [3.8, 4) is 11.4 Å². The number of hydrogen-bond donors (Lipinski definition) is 1. The van der Waals surface area contributed by atoms with Crippen LogP contribution in [0.15, 0.2) is 42.7 Å². The predicted octanol–water partition coefficient (Wildman–Crippen LogP) is 3.92. The van der Waals surface area contributed by atoms with Gasteiger partial charge in [0.1, 0.15) is 23.6 Å². The number of methoxy groups -OCH3 is 1. The number of hydrogen-bond acceptors (Lipinski definition) is 5. The highest BCUT2D eigenvalue weighted by Gasteiger charge is 2.22. The zero-order chi connectivity index (χ0) is 22.7. The molecular formula is C22H24Cl2N6O2. The predicted molar refractivity (Wildman–Crippen MR) is 125 cm³/mol. The van der Waals surface area contributed by atoms with E-state index in [1.807, 2.05) is 25.1 Å². The maximum absolute atomic E-state index is 12.6. The third-order valence-electron chi connectivity index (χ3n) is 5.43. The average molecular weight is 475 g/mol. The monoisotopic (exact) mass is 474 g/mol. The zero-order valence-corrected chi connectivity index (χ0v) is 19.4. The van der Waals surface area contributed by atoms with Gasteiger partial charge in [0.25, 0.3) is 0 Å². The van der Waals surface area contributed by atoms with Gasteiger partial charge in [-0.1, -0.05) is 29.3 Å². The summed E-state index contributed by atoms with van der Waals surface area (Å²) in [6, 6.07) is 11.2. The van der Waals surface area contributed by atoms with E-state index in [1.165, 1.54) is 0 Å². The van der Waals surface area contributed by atoms with Crippen LogP contribution >= 0.6 is 23.2 Å². The number of anilines is 1. The third-order valence-corrected chi connectivity index (χ3v) is 6.13. The molecule has 0 saturated carbocycles. The Bertz CT molecular complexity index is 1090. The van der Waals surface area contributed by atoms with Gasteiger partial charge in [-0.25, -0.2) is 14.5 Å². The summed E-state index contributed by atoms with van der Waals surface area (Å²) in [6.07, 6.45) is 1.67. The van der Waals surface area contributed by atoms with E-state index in [0.29, 0.717) is 47.8 Å². The number of piperazine rings is 1. The number of aromatic nitrogens is 3. The SMILES string of the molecule is COc1cc(N2CCN(C(=O)NCc3c(Cl)cccc3Cl)CC2)ccc1-n1cnc(C)n1. The van der Waals surface area contributed by atoms with Gasteiger partial charge in [0.05, 0.1) is 7.11 Å². The van der Waals surface area contributed by atoms with Gasteiger partial charge in [-0.15, -0.1) is 0 Å². The minimum Gasteiger partial charge on any atom is -0.494 e. The van der Waals surface area contributed by atoms with Crippen LogP contribution in [0.5, 0.6) is 5.75 Å². The molecule has 0 bridgehead atoms. The smallest absolute Gasteiger partial charge is 0.317 e. The molecule has 32 heavy (non-hydrogen) atoms. The first-order valence-electron chi connectivity index (χ1n) is 10.2. The summed E-state index contributed by atoms with van der Waals surface area (Å²) in [6.45, 7) is 4.77. The maximum Gasteiger partial charge on any atom is 0.317 e. The van der Waals surface area contributed by atoms with Gasteiger partial charge in [0, 0.05) is 60.1 Å². The van der Waals surface area contributed by atoms with Gasteiger partial charge >= 0.3 is 6.03 Å².